The molecule has 0 saturated carbocycles. The van der Waals surface area contributed by atoms with Crippen LogP contribution in [-0.2, 0) is 4.79 Å². The van der Waals surface area contributed by atoms with E-state index < -0.39 is 11.7 Å². The van der Waals surface area contributed by atoms with Gasteiger partial charge in [-0.15, -0.1) is 0 Å². The summed E-state index contributed by atoms with van der Waals surface area (Å²) in [6.07, 6.45) is 0. The van der Waals surface area contributed by atoms with Crippen LogP contribution in [0.15, 0.2) is 22.7 Å². The molecular weight excluding hydrogens is 303 g/mol. The van der Waals surface area contributed by atoms with Gasteiger partial charge >= 0.3 is 0 Å². The molecule has 0 bridgehead atoms. The summed E-state index contributed by atoms with van der Waals surface area (Å²) >= 11 is 3.14. The number of carbonyl (C=O) groups is 2. The Hall–Kier alpha value is -1.43. The maximum Gasteiger partial charge on any atom is 0.258 e. The standard InChI is InChI=1S/C12H14BrFN2O2/c1-3-16(7-10(17)15-2)12(18)11-8(13)5-4-6-9(11)14/h4-6H,3,7H2,1-2H3,(H,15,17). The van der Waals surface area contributed by atoms with Crippen LogP contribution in [0.4, 0.5) is 4.39 Å². The molecule has 0 aliphatic heterocycles. The average molecular weight is 317 g/mol. The van der Waals surface area contributed by atoms with Gasteiger partial charge < -0.3 is 10.2 Å². The van der Waals surface area contributed by atoms with Gasteiger partial charge in [0.15, 0.2) is 0 Å². The number of nitrogens with zero attached hydrogens (tertiary/aromatic N) is 1. The number of hydrogen-bond acceptors (Lipinski definition) is 2. The van der Waals surface area contributed by atoms with Gasteiger partial charge in [0.2, 0.25) is 5.91 Å². The highest BCUT2D eigenvalue weighted by molar-refractivity contribution is 9.10. The average Bonchev–Trinajstić information content (AvgIpc) is 2.35. The molecule has 4 nitrogen and oxygen atoms in total. The lowest BCUT2D eigenvalue weighted by molar-refractivity contribution is -0.121. The van der Waals surface area contributed by atoms with E-state index in [0.717, 1.165) is 0 Å². The van der Waals surface area contributed by atoms with Crippen molar-refractivity contribution >= 4 is 27.7 Å². The molecule has 18 heavy (non-hydrogen) atoms. The third kappa shape index (κ3) is 3.29. The molecule has 6 heteroatoms. The summed E-state index contributed by atoms with van der Waals surface area (Å²) in [5.41, 5.74) is -0.0525. The van der Waals surface area contributed by atoms with Gasteiger partial charge in [-0.05, 0) is 35.0 Å². The van der Waals surface area contributed by atoms with E-state index >= 15 is 0 Å². The third-order valence-corrected chi connectivity index (χ3v) is 3.12. The fourth-order valence-electron chi connectivity index (χ4n) is 1.44. The number of rotatable bonds is 4. The van der Waals surface area contributed by atoms with E-state index in [9.17, 15) is 14.0 Å². The van der Waals surface area contributed by atoms with Crippen molar-refractivity contribution in [3.63, 3.8) is 0 Å². The number of amides is 2. The van der Waals surface area contributed by atoms with Crippen LogP contribution in [0.2, 0.25) is 0 Å². The molecule has 1 N–H and O–H groups in total. The summed E-state index contributed by atoms with van der Waals surface area (Å²) in [6.45, 7) is 1.97. The second kappa shape index (κ2) is 6.49. The first kappa shape index (κ1) is 14.6. The number of carbonyl (C=O) groups excluding carboxylic acids is 2. The zero-order chi connectivity index (χ0) is 13.7. The molecule has 0 radical (unpaired) electrons. The first-order valence-corrected chi connectivity index (χ1v) is 6.24. The lowest BCUT2D eigenvalue weighted by atomic mass is 10.2. The number of halogens is 2. The topological polar surface area (TPSA) is 49.4 Å². The van der Waals surface area contributed by atoms with Crippen LogP contribution in [0.3, 0.4) is 0 Å². The summed E-state index contributed by atoms with van der Waals surface area (Å²) in [5.74, 6) is -1.41. The van der Waals surface area contributed by atoms with Crippen LogP contribution in [0.1, 0.15) is 17.3 Å². The van der Waals surface area contributed by atoms with E-state index in [1.165, 1.54) is 24.1 Å². The minimum absolute atomic E-state index is 0.0525. The maximum absolute atomic E-state index is 13.6. The highest BCUT2D eigenvalue weighted by Crippen LogP contribution is 2.21. The summed E-state index contributed by atoms with van der Waals surface area (Å²) in [5, 5.41) is 2.43. The van der Waals surface area contributed by atoms with E-state index in [1.807, 2.05) is 0 Å². The number of hydrogen-bond donors (Lipinski definition) is 1. The Morgan fingerprint density at radius 1 is 1.44 bits per heavy atom. The van der Waals surface area contributed by atoms with E-state index in [2.05, 4.69) is 21.2 Å². The SMILES string of the molecule is CCN(CC(=O)NC)C(=O)c1c(F)cccc1Br. The quantitative estimate of drug-likeness (QED) is 0.920. The zero-order valence-corrected chi connectivity index (χ0v) is 11.8. The van der Waals surface area contributed by atoms with Crippen LogP contribution >= 0.6 is 15.9 Å². The molecule has 0 spiro atoms. The van der Waals surface area contributed by atoms with Crippen LogP contribution in [0.25, 0.3) is 0 Å². The van der Waals surface area contributed by atoms with Gasteiger partial charge in [0.1, 0.15) is 5.82 Å². The molecule has 1 aromatic carbocycles. The van der Waals surface area contributed by atoms with Gasteiger partial charge in [-0.2, -0.15) is 0 Å². The smallest absolute Gasteiger partial charge is 0.258 e. The van der Waals surface area contributed by atoms with Gasteiger partial charge in [-0.1, -0.05) is 6.07 Å². The Morgan fingerprint density at radius 3 is 2.61 bits per heavy atom. The van der Waals surface area contributed by atoms with Crippen LogP contribution in [0.5, 0.6) is 0 Å². The normalized spacial score (nSPS) is 10.0. The van der Waals surface area contributed by atoms with Crippen molar-refractivity contribution in [2.24, 2.45) is 0 Å². The van der Waals surface area contributed by atoms with E-state index in [0.29, 0.717) is 11.0 Å². The van der Waals surface area contributed by atoms with E-state index in [4.69, 9.17) is 0 Å². The second-order valence-electron chi connectivity index (χ2n) is 3.59. The van der Waals surface area contributed by atoms with Crippen LogP contribution in [0, 0.1) is 5.82 Å². The van der Waals surface area contributed by atoms with Crippen molar-refractivity contribution in [2.45, 2.75) is 6.92 Å². The predicted octanol–water partition coefficient (Wildman–Crippen LogP) is 1.80. The second-order valence-corrected chi connectivity index (χ2v) is 4.44. The molecule has 0 fully saturated rings. The van der Waals surface area contributed by atoms with Crippen molar-refractivity contribution < 1.29 is 14.0 Å². The van der Waals surface area contributed by atoms with Crippen molar-refractivity contribution in [1.29, 1.82) is 0 Å². The minimum Gasteiger partial charge on any atom is -0.358 e. The van der Waals surface area contributed by atoms with Gasteiger partial charge in [0.05, 0.1) is 12.1 Å². The Bertz CT molecular complexity index is 445. The predicted molar refractivity (Wildman–Crippen MR) is 69.7 cm³/mol. The van der Waals surface area contributed by atoms with Crippen molar-refractivity contribution in [2.75, 3.05) is 20.1 Å². The highest BCUT2D eigenvalue weighted by Gasteiger charge is 2.22. The first-order valence-electron chi connectivity index (χ1n) is 5.45. The lowest BCUT2D eigenvalue weighted by Gasteiger charge is -2.20. The van der Waals surface area contributed by atoms with Crippen molar-refractivity contribution in [1.82, 2.24) is 10.2 Å². The van der Waals surface area contributed by atoms with Gasteiger partial charge in [0.25, 0.3) is 5.91 Å². The van der Waals surface area contributed by atoms with Gasteiger partial charge in [0, 0.05) is 18.1 Å². The summed E-state index contributed by atoms with van der Waals surface area (Å²) in [6, 6.07) is 4.31. The van der Waals surface area contributed by atoms with Crippen molar-refractivity contribution in [3.8, 4) is 0 Å². The minimum atomic E-state index is -0.607. The van der Waals surface area contributed by atoms with Crippen molar-refractivity contribution in [3.05, 3.63) is 34.1 Å². The number of nitrogens with one attached hydrogen (secondary N) is 1. The molecule has 0 aliphatic carbocycles. The Balaban J connectivity index is 3.00. The molecule has 0 heterocycles. The van der Waals surface area contributed by atoms with Crippen LogP contribution < -0.4 is 5.32 Å². The number of likely N-dealkylation sites (N-methyl/N-ethyl adjacent to an activating group) is 2. The molecule has 0 unspecified atom stereocenters. The van der Waals surface area contributed by atoms with E-state index in [-0.39, 0.29) is 18.0 Å². The summed E-state index contributed by atoms with van der Waals surface area (Å²) in [4.78, 5) is 24.7. The molecule has 0 saturated heterocycles. The monoisotopic (exact) mass is 316 g/mol. The number of benzene rings is 1. The fourth-order valence-corrected chi connectivity index (χ4v) is 1.95. The lowest BCUT2D eigenvalue weighted by Crippen LogP contribution is -2.39. The molecule has 98 valence electrons. The molecule has 0 aliphatic rings. The maximum atomic E-state index is 13.6. The molecule has 1 aromatic rings. The zero-order valence-electron chi connectivity index (χ0n) is 10.2. The van der Waals surface area contributed by atoms with Gasteiger partial charge in [-0.3, -0.25) is 9.59 Å². The first-order chi connectivity index (χ1) is 8.51. The highest BCUT2D eigenvalue weighted by atomic mass is 79.9. The van der Waals surface area contributed by atoms with E-state index in [1.54, 1.807) is 13.0 Å². The summed E-state index contributed by atoms with van der Waals surface area (Å²) < 4.78 is 14.0. The molecule has 0 atom stereocenters. The molecule has 1 rings (SSSR count). The van der Waals surface area contributed by atoms with Crippen LogP contribution in [-0.4, -0.2) is 36.9 Å². The largest absolute Gasteiger partial charge is 0.358 e. The Morgan fingerprint density at radius 2 is 2.11 bits per heavy atom. The molecule has 0 aromatic heterocycles. The Labute approximate surface area is 113 Å². The fraction of sp³-hybridized carbons (Fsp3) is 0.333. The molecular formula is C12H14BrFN2O2. The van der Waals surface area contributed by atoms with Gasteiger partial charge in [-0.25, -0.2) is 4.39 Å². The Kier molecular flexibility index (Phi) is 5.27. The third-order valence-electron chi connectivity index (χ3n) is 2.46. The summed E-state index contributed by atoms with van der Waals surface area (Å²) in [7, 11) is 1.49. The molecule has 2 amide bonds.